The van der Waals surface area contributed by atoms with Crippen LogP contribution in [-0.2, 0) is 4.74 Å². The van der Waals surface area contributed by atoms with Gasteiger partial charge in [0, 0.05) is 45.8 Å². The van der Waals surface area contributed by atoms with Gasteiger partial charge < -0.3 is 19.7 Å². The maximum absolute atomic E-state index is 5.78. The summed E-state index contributed by atoms with van der Waals surface area (Å²) in [4.78, 5) is 7.00. The van der Waals surface area contributed by atoms with Gasteiger partial charge >= 0.3 is 0 Å². The zero-order chi connectivity index (χ0) is 17.1. The lowest BCUT2D eigenvalue weighted by Crippen LogP contribution is -2.43. The van der Waals surface area contributed by atoms with Gasteiger partial charge in [-0.1, -0.05) is 18.2 Å². The second kappa shape index (κ2) is 8.78. The Morgan fingerprint density at radius 3 is 2.85 bits per heavy atom. The molecule has 0 bridgehead atoms. The first kappa shape index (κ1) is 19.7. The highest BCUT2D eigenvalue weighted by atomic mass is 127. The molecular weight excluding hydrogens is 441 g/mol. The van der Waals surface area contributed by atoms with Crippen LogP contribution in [0.3, 0.4) is 0 Å². The molecular formula is C20H30IN3O2. The summed E-state index contributed by atoms with van der Waals surface area (Å²) in [5, 5.41) is 3.63. The summed E-state index contributed by atoms with van der Waals surface area (Å²) in [5.41, 5.74) is 1.76. The zero-order valence-corrected chi connectivity index (χ0v) is 17.9. The zero-order valence-electron chi connectivity index (χ0n) is 15.6. The quantitative estimate of drug-likeness (QED) is 0.409. The van der Waals surface area contributed by atoms with Crippen molar-refractivity contribution in [3.05, 3.63) is 29.8 Å². The Bertz CT molecular complexity index is 631. The highest BCUT2D eigenvalue weighted by Gasteiger charge is 2.40. The van der Waals surface area contributed by atoms with Gasteiger partial charge in [0.2, 0.25) is 0 Å². The second-order valence-corrected chi connectivity index (χ2v) is 7.58. The molecule has 6 heteroatoms. The number of guanidine groups is 1. The van der Waals surface area contributed by atoms with Crippen LogP contribution in [0.5, 0.6) is 5.75 Å². The number of aliphatic imine (C=N–C) groups is 1. The lowest BCUT2D eigenvalue weighted by molar-refractivity contribution is 0.0217. The molecule has 0 radical (unpaired) electrons. The molecule has 3 aliphatic heterocycles. The van der Waals surface area contributed by atoms with Crippen molar-refractivity contribution in [1.29, 1.82) is 0 Å². The van der Waals surface area contributed by atoms with Gasteiger partial charge in [-0.2, -0.15) is 0 Å². The molecule has 2 fully saturated rings. The normalized spacial score (nSPS) is 24.6. The second-order valence-electron chi connectivity index (χ2n) is 7.58. The molecule has 3 heterocycles. The standard InChI is InChI=1S/C20H29N3O2.HI/c1-21-19(23-10-7-20(15-23)8-12-24-13-9-20)22-14-16-6-11-25-18-5-3-2-4-17(16)18;/h2-5,16H,6-15H2,1H3,(H,21,22);1H. The number of nitrogens with one attached hydrogen (secondary N) is 1. The molecule has 3 aliphatic rings. The fourth-order valence-corrected chi connectivity index (χ4v) is 4.50. The lowest BCUT2D eigenvalue weighted by atomic mass is 9.80. The molecule has 5 nitrogen and oxygen atoms in total. The maximum Gasteiger partial charge on any atom is 0.193 e. The molecule has 2 saturated heterocycles. The summed E-state index contributed by atoms with van der Waals surface area (Å²) in [6.45, 7) is 5.76. The van der Waals surface area contributed by atoms with Gasteiger partial charge in [-0.25, -0.2) is 0 Å². The van der Waals surface area contributed by atoms with Crippen LogP contribution >= 0.6 is 24.0 Å². The number of rotatable bonds is 2. The average molecular weight is 471 g/mol. The first-order valence-corrected chi connectivity index (χ1v) is 9.55. The number of fused-ring (bicyclic) bond motifs is 1. The fourth-order valence-electron chi connectivity index (χ4n) is 4.50. The van der Waals surface area contributed by atoms with Crippen LogP contribution in [0.2, 0.25) is 0 Å². The van der Waals surface area contributed by atoms with Crippen molar-refractivity contribution < 1.29 is 9.47 Å². The molecule has 1 N–H and O–H groups in total. The van der Waals surface area contributed by atoms with E-state index in [0.717, 1.165) is 57.6 Å². The minimum absolute atomic E-state index is 0. The number of halogens is 1. The van der Waals surface area contributed by atoms with E-state index in [1.165, 1.54) is 24.8 Å². The summed E-state index contributed by atoms with van der Waals surface area (Å²) in [7, 11) is 1.90. The van der Waals surface area contributed by atoms with Crippen molar-refractivity contribution in [2.45, 2.75) is 31.6 Å². The van der Waals surface area contributed by atoms with Gasteiger partial charge in [0.1, 0.15) is 5.75 Å². The molecule has 0 saturated carbocycles. The van der Waals surface area contributed by atoms with E-state index in [1.807, 2.05) is 13.1 Å². The monoisotopic (exact) mass is 471 g/mol. The third kappa shape index (κ3) is 4.11. The summed E-state index contributed by atoms with van der Waals surface area (Å²) in [6.07, 6.45) is 4.70. The van der Waals surface area contributed by atoms with E-state index >= 15 is 0 Å². The molecule has 1 spiro atoms. The maximum atomic E-state index is 5.78. The van der Waals surface area contributed by atoms with E-state index < -0.39 is 0 Å². The van der Waals surface area contributed by atoms with Crippen LogP contribution in [-0.4, -0.2) is 57.4 Å². The lowest BCUT2D eigenvalue weighted by Gasteiger charge is -2.34. The van der Waals surface area contributed by atoms with Crippen LogP contribution < -0.4 is 10.1 Å². The van der Waals surface area contributed by atoms with Crippen molar-refractivity contribution in [3.8, 4) is 5.75 Å². The number of hydrogen-bond donors (Lipinski definition) is 1. The largest absolute Gasteiger partial charge is 0.493 e. The van der Waals surface area contributed by atoms with Gasteiger partial charge in [0.05, 0.1) is 6.61 Å². The highest BCUT2D eigenvalue weighted by molar-refractivity contribution is 14.0. The van der Waals surface area contributed by atoms with Crippen molar-refractivity contribution in [2.24, 2.45) is 10.4 Å². The third-order valence-corrected chi connectivity index (χ3v) is 6.09. The topological polar surface area (TPSA) is 46.1 Å². The molecule has 0 aromatic heterocycles. The van der Waals surface area contributed by atoms with Crippen LogP contribution in [0.1, 0.15) is 37.2 Å². The highest BCUT2D eigenvalue weighted by Crippen LogP contribution is 2.39. The van der Waals surface area contributed by atoms with Crippen molar-refractivity contribution in [2.75, 3.05) is 46.5 Å². The van der Waals surface area contributed by atoms with E-state index in [2.05, 4.69) is 33.4 Å². The van der Waals surface area contributed by atoms with Crippen molar-refractivity contribution in [1.82, 2.24) is 10.2 Å². The number of likely N-dealkylation sites (tertiary alicyclic amines) is 1. The van der Waals surface area contributed by atoms with Gasteiger partial charge in [-0.3, -0.25) is 4.99 Å². The minimum atomic E-state index is 0. The predicted octanol–water partition coefficient (Wildman–Crippen LogP) is 3.25. The first-order valence-electron chi connectivity index (χ1n) is 9.55. The third-order valence-electron chi connectivity index (χ3n) is 6.09. The molecule has 0 aliphatic carbocycles. The molecule has 1 unspecified atom stereocenters. The molecule has 1 aromatic carbocycles. The van der Waals surface area contributed by atoms with Gasteiger partial charge in [-0.05, 0) is 42.7 Å². The first-order chi connectivity index (χ1) is 12.3. The van der Waals surface area contributed by atoms with Crippen molar-refractivity contribution >= 4 is 29.9 Å². The van der Waals surface area contributed by atoms with Gasteiger partial charge in [0.25, 0.3) is 0 Å². The summed E-state index contributed by atoms with van der Waals surface area (Å²) in [5.74, 6) is 2.58. The van der Waals surface area contributed by atoms with E-state index in [4.69, 9.17) is 9.47 Å². The van der Waals surface area contributed by atoms with E-state index in [9.17, 15) is 0 Å². The number of benzene rings is 1. The number of nitrogens with zero attached hydrogens (tertiary/aromatic N) is 2. The predicted molar refractivity (Wildman–Crippen MR) is 115 cm³/mol. The van der Waals surface area contributed by atoms with Crippen LogP contribution in [0.25, 0.3) is 0 Å². The molecule has 4 rings (SSSR count). The van der Waals surface area contributed by atoms with E-state index in [0.29, 0.717) is 11.3 Å². The molecule has 1 atom stereocenters. The number of ether oxygens (including phenoxy) is 2. The molecule has 26 heavy (non-hydrogen) atoms. The summed E-state index contributed by atoms with van der Waals surface area (Å²) in [6, 6.07) is 8.41. The van der Waals surface area contributed by atoms with E-state index in [-0.39, 0.29) is 24.0 Å². The van der Waals surface area contributed by atoms with Crippen molar-refractivity contribution in [3.63, 3.8) is 0 Å². The Balaban J connectivity index is 0.00000196. The van der Waals surface area contributed by atoms with E-state index in [1.54, 1.807) is 0 Å². The Hall–Kier alpha value is -1.02. The SMILES string of the molecule is CN=C(NCC1CCOc2ccccc21)N1CCC2(CCOCC2)C1.I. The Morgan fingerprint density at radius 1 is 1.23 bits per heavy atom. The number of para-hydroxylation sites is 1. The molecule has 1 aromatic rings. The van der Waals surface area contributed by atoms with Gasteiger partial charge in [-0.15, -0.1) is 24.0 Å². The van der Waals surface area contributed by atoms with Crippen LogP contribution in [0, 0.1) is 5.41 Å². The van der Waals surface area contributed by atoms with Crippen LogP contribution in [0.4, 0.5) is 0 Å². The summed E-state index contributed by atoms with van der Waals surface area (Å²) < 4.78 is 11.3. The average Bonchev–Trinajstić information content (AvgIpc) is 3.06. The Morgan fingerprint density at radius 2 is 2.04 bits per heavy atom. The van der Waals surface area contributed by atoms with Crippen LogP contribution in [0.15, 0.2) is 29.3 Å². The van der Waals surface area contributed by atoms with Gasteiger partial charge in [0.15, 0.2) is 5.96 Å². The fraction of sp³-hybridized carbons (Fsp3) is 0.650. The molecule has 144 valence electrons. The number of hydrogen-bond acceptors (Lipinski definition) is 3. The molecule has 0 amide bonds. The summed E-state index contributed by atoms with van der Waals surface area (Å²) >= 11 is 0. The Labute approximate surface area is 173 Å². The smallest absolute Gasteiger partial charge is 0.193 e. The Kier molecular flexibility index (Phi) is 6.66. The minimum Gasteiger partial charge on any atom is -0.493 e.